The van der Waals surface area contributed by atoms with Gasteiger partial charge in [-0.25, -0.2) is 0 Å². The average Bonchev–Trinajstić information content (AvgIpc) is 2.76. The molecule has 0 bridgehead atoms. The van der Waals surface area contributed by atoms with E-state index < -0.39 is 7.14 Å². The summed E-state index contributed by atoms with van der Waals surface area (Å²) in [7, 11) is -2.76. The molecule has 0 heterocycles. The highest BCUT2D eigenvalue weighted by Crippen LogP contribution is 2.46. The number of rotatable bonds is 10. The number of terminal acetylenes is 1. The van der Waals surface area contributed by atoms with Crippen LogP contribution in [0.25, 0.3) is 0 Å². The molecule has 0 aliphatic carbocycles. The lowest BCUT2D eigenvalue weighted by Crippen LogP contribution is -2.14. The van der Waals surface area contributed by atoms with Gasteiger partial charge in [0.2, 0.25) is 0 Å². The van der Waals surface area contributed by atoms with Crippen LogP contribution >= 0.6 is 7.14 Å². The standard InChI is InChI=1S/C27H31OP/c1-3-4-5-6-7-8-9-10-11-14-19-25(2)24-29(28,26-20-15-12-16-21-26)27-22-17-13-18-23-27/h1,12-13,15-18,20-24H,4-7,10-11,14,19H2,2H3/b25-24-. The van der Waals surface area contributed by atoms with Gasteiger partial charge in [0, 0.05) is 29.9 Å². The molecule has 2 aromatic carbocycles. The highest BCUT2D eigenvalue weighted by molar-refractivity contribution is 7.81. The van der Waals surface area contributed by atoms with E-state index in [1.807, 2.05) is 66.5 Å². The smallest absolute Gasteiger partial charge is 0.164 e. The summed E-state index contributed by atoms with van der Waals surface area (Å²) in [6.45, 7) is 2.09. The molecule has 0 aliphatic rings. The molecule has 29 heavy (non-hydrogen) atoms. The Morgan fingerprint density at radius 1 is 0.828 bits per heavy atom. The fraction of sp³-hybridized carbons (Fsp3) is 0.333. The van der Waals surface area contributed by atoms with E-state index in [9.17, 15) is 4.57 Å². The van der Waals surface area contributed by atoms with Crippen molar-refractivity contribution in [1.29, 1.82) is 0 Å². The minimum absolute atomic E-state index is 0.850. The van der Waals surface area contributed by atoms with E-state index in [-0.39, 0.29) is 0 Å². The maximum absolute atomic E-state index is 14.0. The number of hydrogen-bond donors (Lipinski definition) is 0. The van der Waals surface area contributed by atoms with Gasteiger partial charge >= 0.3 is 0 Å². The van der Waals surface area contributed by atoms with Gasteiger partial charge in [-0.3, -0.25) is 0 Å². The third-order valence-electron chi connectivity index (χ3n) is 4.80. The molecule has 2 rings (SSSR count). The lowest BCUT2D eigenvalue weighted by atomic mass is 10.1. The first kappa shape index (κ1) is 22.8. The molecule has 2 aromatic rings. The highest BCUT2D eigenvalue weighted by atomic mass is 31.2. The van der Waals surface area contributed by atoms with Crippen LogP contribution in [0, 0.1) is 24.2 Å². The Morgan fingerprint density at radius 2 is 1.31 bits per heavy atom. The second kappa shape index (κ2) is 12.9. The van der Waals surface area contributed by atoms with Crippen molar-refractivity contribution in [2.45, 2.75) is 58.3 Å². The van der Waals surface area contributed by atoms with Crippen LogP contribution in [0.1, 0.15) is 58.3 Å². The molecule has 0 N–H and O–H groups in total. The summed E-state index contributed by atoms with van der Waals surface area (Å²) < 4.78 is 14.0. The van der Waals surface area contributed by atoms with Gasteiger partial charge in [0.15, 0.2) is 7.14 Å². The molecule has 0 saturated carbocycles. The second-order valence-electron chi connectivity index (χ2n) is 7.28. The molecule has 0 atom stereocenters. The van der Waals surface area contributed by atoms with Crippen molar-refractivity contribution in [1.82, 2.24) is 0 Å². The molecule has 0 spiro atoms. The summed E-state index contributed by atoms with van der Waals surface area (Å²) in [5.74, 6) is 11.2. The zero-order chi connectivity index (χ0) is 20.8. The van der Waals surface area contributed by atoms with E-state index >= 15 is 0 Å². The van der Waals surface area contributed by atoms with Crippen LogP contribution < -0.4 is 10.6 Å². The summed E-state index contributed by atoms with van der Waals surface area (Å²) in [6.07, 6.45) is 13.2. The zero-order valence-electron chi connectivity index (χ0n) is 17.4. The quantitative estimate of drug-likeness (QED) is 0.247. The molecular formula is C27H31OP. The Balaban J connectivity index is 1.93. The summed E-state index contributed by atoms with van der Waals surface area (Å²) >= 11 is 0. The van der Waals surface area contributed by atoms with Gasteiger partial charge in [-0.15, -0.1) is 24.2 Å². The van der Waals surface area contributed by atoms with Gasteiger partial charge in [0.25, 0.3) is 0 Å². The third-order valence-corrected chi connectivity index (χ3v) is 7.74. The minimum atomic E-state index is -2.76. The molecule has 0 amide bonds. The lowest BCUT2D eigenvalue weighted by molar-refractivity contribution is 0.592. The van der Waals surface area contributed by atoms with E-state index in [2.05, 4.69) is 24.7 Å². The Morgan fingerprint density at radius 3 is 1.83 bits per heavy atom. The third kappa shape index (κ3) is 7.81. The van der Waals surface area contributed by atoms with Crippen LogP contribution in [-0.2, 0) is 4.57 Å². The van der Waals surface area contributed by atoms with Crippen LogP contribution in [0.2, 0.25) is 0 Å². The van der Waals surface area contributed by atoms with Crippen molar-refractivity contribution in [3.05, 3.63) is 72.1 Å². The van der Waals surface area contributed by atoms with Crippen molar-refractivity contribution in [2.75, 3.05) is 0 Å². The molecular weight excluding hydrogens is 371 g/mol. The SMILES string of the molecule is C#CCCCCC#CCCCC/C(C)=C\P(=O)(c1ccccc1)c1ccccc1. The summed E-state index contributed by atoms with van der Waals surface area (Å²) in [6, 6.07) is 19.6. The van der Waals surface area contributed by atoms with Crippen LogP contribution in [0.15, 0.2) is 72.1 Å². The van der Waals surface area contributed by atoms with Crippen molar-refractivity contribution in [2.24, 2.45) is 0 Å². The Kier molecular flexibility index (Phi) is 10.1. The average molecular weight is 403 g/mol. The maximum atomic E-state index is 14.0. The van der Waals surface area contributed by atoms with Gasteiger partial charge in [-0.05, 0) is 44.8 Å². The number of unbranched alkanes of at least 4 members (excludes halogenated alkanes) is 5. The zero-order valence-corrected chi connectivity index (χ0v) is 18.3. The fourth-order valence-electron chi connectivity index (χ4n) is 3.21. The summed E-state index contributed by atoms with van der Waals surface area (Å²) in [4.78, 5) is 0. The topological polar surface area (TPSA) is 17.1 Å². The first-order chi connectivity index (χ1) is 14.2. The maximum Gasteiger partial charge on any atom is 0.164 e. The Labute approximate surface area is 177 Å². The van der Waals surface area contributed by atoms with E-state index in [0.29, 0.717) is 0 Å². The second-order valence-corrected chi connectivity index (χ2v) is 9.88. The van der Waals surface area contributed by atoms with E-state index in [4.69, 9.17) is 6.42 Å². The van der Waals surface area contributed by atoms with Crippen molar-refractivity contribution in [3.8, 4) is 24.2 Å². The van der Waals surface area contributed by atoms with Gasteiger partial charge < -0.3 is 4.57 Å². The van der Waals surface area contributed by atoms with E-state index in [1.54, 1.807) is 0 Å². The predicted molar refractivity (Wildman–Crippen MR) is 127 cm³/mol. The van der Waals surface area contributed by atoms with Crippen molar-refractivity contribution in [3.63, 3.8) is 0 Å². The van der Waals surface area contributed by atoms with Gasteiger partial charge in [0.1, 0.15) is 0 Å². The molecule has 0 aliphatic heterocycles. The molecule has 1 nitrogen and oxygen atoms in total. The molecule has 0 aromatic heterocycles. The molecule has 0 fully saturated rings. The van der Waals surface area contributed by atoms with Crippen molar-refractivity contribution < 1.29 is 4.57 Å². The van der Waals surface area contributed by atoms with Crippen LogP contribution in [0.3, 0.4) is 0 Å². The monoisotopic (exact) mass is 402 g/mol. The fourth-order valence-corrected chi connectivity index (χ4v) is 5.78. The molecule has 0 saturated heterocycles. The number of allylic oxidation sites excluding steroid dienone is 1. The molecule has 2 heteroatoms. The van der Waals surface area contributed by atoms with Gasteiger partial charge in [0.05, 0.1) is 0 Å². The first-order valence-electron chi connectivity index (χ1n) is 10.5. The Hall–Kier alpha value is -2.47. The normalized spacial score (nSPS) is 11.4. The van der Waals surface area contributed by atoms with Gasteiger partial charge in [-0.1, -0.05) is 66.2 Å². The number of hydrogen-bond acceptors (Lipinski definition) is 1. The van der Waals surface area contributed by atoms with Crippen molar-refractivity contribution >= 4 is 17.8 Å². The summed E-state index contributed by atoms with van der Waals surface area (Å²) in [5.41, 5.74) is 1.18. The molecule has 0 radical (unpaired) electrons. The van der Waals surface area contributed by atoms with E-state index in [0.717, 1.165) is 62.0 Å². The van der Waals surface area contributed by atoms with E-state index in [1.165, 1.54) is 5.57 Å². The minimum Gasteiger partial charge on any atom is -0.309 e. The van der Waals surface area contributed by atoms with Gasteiger partial charge in [-0.2, -0.15) is 0 Å². The summed E-state index contributed by atoms with van der Waals surface area (Å²) in [5, 5.41) is 1.78. The first-order valence-corrected chi connectivity index (χ1v) is 12.2. The Bertz CT molecular complexity index is 864. The van der Waals surface area contributed by atoms with Crippen LogP contribution in [0.4, 0.5) is 0 Å². The highest BCUT2D eigenvalue weighted by Gasteiger charge is 2.24. The lowest BCUT2D eigenvalue weighted by Gasteiger charge is -2.17. The molecule has 0 unspecified atom stereocenters. The van der Waals surface area contributed by atoms with Crippen LogP contribution in [-0.4, -0.2) is 0 Å². The largest absolute Gasteiger partial charge is 0.309 e. The number of benzene rings is 2. The molecule has 150 valence electrons. The van der Waals surface area contributed by atoms with Crippen LogP contribution in [0.5, 0.6) is 0 Å². The predicted octanol–water partition coefficient (Wildman–Crippen LogP) is 6.66.